The Labute approximate surface area is 312 Å². The lowest BCUT2D eigenvalue weighted by Crippen LogP contribution is -2.27. The molecular formula is C48H38N2O4. The Morgan fingerprint density at radius 1 is 0.407 bits per heavy atom. The molecule has 6 heteroatoms. The van der Waals surface area contributed by atoms with Crippen LogP contribution < -0.4 is 0 Å². The average molecular weight is 707 g/mol. The van der Waals surface area contributed by atoms with Crippen LogP contribution in [0.4, 0.5) is 0 Å². The fraction of sp³-hybridized carbons (Fsp3) is 0.125. The van der Waals surface area contributed by atoms with Crippen LogP contribution in [0.5, 0.6) is 23.0 Å². The van der Waals surface area contributed by atoms with Crippen molar-refractivity contribution in [2.75, 3.05) is 0 Å². The van der Waals surface area contributed by atoms with Gasteiger partial charge in [-0.1, -0.05) is 122 Å². The summed E-state index contributed by atoms with van der Waals surface area (Å²) in [6.07, 6.45) is 7.20. The lowest BCUT2D eigenvalue weighted by atomic mass is 9.89. The molecule has 0 saturated heterocycles. The number of nitrogens with zero attached hydrogens (tertiary/aromatic N) is 2. The van der Waals surface area contributed by atoms with E-state index in [0.29, 0.717) is 33.4 Å². The summed E-state index contributed by atoms with van der Waals surface area (Å²) in [4.78, 5) is 10.1. The Morgan fingerprint density at radius 3 is 1.17 bits per heavy atom. The number of fused-ring (bicyclic) bond motifs is 4. The summed E-state index contributed by atoms with van der Waals surface area (Å²) < 4.78 is 0. The second-order valence-electron chi connectivity index (χ2n) is 14.2. The third-order valence-corrected chi connectivity index (χ3v) is 10.9. The minimum atomic E-state index is -0.139. The molecule has 1 aliphatic rings. The van der Waals surface area contributed by atoms with Crippen LogP contribution in [0.2, 0.25) is 0 Å². The highest BCUT2D eigenvalue weighted by atomic mass is 16.3. The van der Waals surface area contributed by atoms with E-state index in [1.54, 1.807) is 24.6 Å². The molecule has 8 aromatic rings. The standard InChI is InChI=1S/C48H38N2O4/c51-41-23-21-29-11-1-5-15-35(29)43(41)45-37-17-7-3-13-31(37)25-33(47(45)53)27-49-39-19-9-10-20-40(39)50-28-34-26-32-14-4-8-18-38(32)46(48(34)54)44-36-16-6-2-12-30(36)22-24-42(44)52/h1-8,11-18,21-28,39-40,51-54H,9-10,19-20H2/t39-,40-/m1/s1. The van der Waals surface area contributed by atoms with Gasteiger partial charge in [-0.25, -0.2) is 0 Å². The van der Waals surface area contributed by atoms with Gasteiger partial charge in [-0.15, -0.1) is 0 Å². The first kappa shape index (κ1) is 33.2. The highest BCUT2D eigenvalue weighted by molar-refractivity contribution is 6.13. The van der Waals surface area contributed by atoms with Gasteiger partial charge in [0.05, 0.1) is 12.1 Å². The predicted molar refractivity (Wildman–Crippen MR) is 222 cm³/mol. The van der Waals surface area contributed by atoms with Crippen molar-refractivity contribution in [3.8, 4) is 45.3 Å². The highest BCUT2D eigenvalue weighted by Gasteiger charge is 2.25. The zero-order valence-corrected chi connectivity index (χ0v) is 29.5. The van der Waals surface area contributed by atoms with Gasteiger partial charge in [-0.3, -0.25) is 9.98 Å². The van der Waals surface area contributed by atoms with Gasteiger partial charge in [0.15, 0.2) is 0 Å². The molecule has 54 heavy (non-hydrogen) atoms. The van der Waals surface area contributed by atoms with E-state index in [-0.39, 0.29) is 35.1 Å². The maximum absolute atomic E-state index is 11.9. The molecule has 1 fully saturated rings. The maximum atomic E-state index is 11.9. The van der Waals surface area contributed by atoms with Crippen molar-refractivity contribution in [2.45, 2.75) is 37.8 Å². The molecule has 0 aliphatic heterocycles. The molecule has 0 spiro atoms. The van der Waals surface area contributed by atoms with E-state index in [1.165, 1.54) is 0 Å². The van der Waals surface area contributed by atoms with Gasteiger partial charge in [0.1, 0.15) is 23.0 Å². The van der Waals surface area contributed by atoms with Crippen molar-refractivity contribution in [3.63, 3.8) is 0 Å². The number of phenolic OH excluding ortho intramolecular Hbond substituents is 4. The fourth-order valence-electron chi connectivity index (χ4n) is 8.26. The topological polar surface area (TPSA) is 106 Å². The third kappa shape index (κ3) is 5.77. The van der Waals surface area contributed by atoms with E-state index in [0.717, 1.165) is 68.8 Å². The van der Waals surface area contributed by atoms with E-state index in [9.17, 15) is 20.4 Å². The van der Waals surface area contributed by atoms with Crippen LogP contribution >= 0.6 is 0 Å². The molecule has 0 unspecified atom stereocenters. The lowest BCUT2D eigenvalue weighted by Gasteiger charge is -2.25. The predicted octanol–water partition coefficient (Wildman–Crippen LogP) is 11.3. The van der Waals surface area contributed by atoms with E-state index in [2.05, 4.69) is 0 Å². The molecule has 4 N–H and O–H groups in total. The van der Waals surface area contributed by atoms with Gasteiger partial charge in [-0.05, 0) is 80.2 Å². The SMILES string of the molecule is Oc1ccc2ccccc2c1-c1c(O)c(C=N[C@@H]2CCCC[C@H]2N=Cc2cc3ccccc3c(-c3c(O)ccc4ccccc34)c2O)cc2ccccc12. The normalized spacial score (nSPS) is 16.4. The molecule has 9 rings (SSSR count). The van der Waals surface area contributed by atoms with Crippen molar-refractivity contribution >= 4 is 55.5 Å². The molecule has 264 valence electrons. The number of aliphatic imine (C=N–C) groups is 2. The number of rotatable bonds is 6. The smallest absolute Gasteiger partial charge is 0.132 e. The van der Waals surface area contributed by atoms with Crippen LogP contribution in [0.25, 0.3) is 65.3 Å². The first-order valence-corrected chi connectivity index (χ1v) is 18.4. The summed E-state index contributed by atoms with van der Waals surface area (Å²) in [7, 11) is 0. The maximum Gasteiger partial charge on any atom is 0.132 e. The van der Waals surface area contributed by atoms with Gasteiger partial charge in [0, 0.05) is 45.8 Å². The Kier molecular flexibility index (Phi) is 8.43. The molecule has 0 heterocycles. The Bertz CT molecular complexity index is 2610. The minimum absolute atomic E-state index is 0.0604. The first-order chi connectivity index (χ1) is 26.5. The number of phenols is 4. The van der Waals surface area contributed by atoms with Gasteiger partial charge in [0.2, 0.25) is 0 Å². The summed E-state index contributed by atoms with van der Waals surface area (Å²) in [6.45, 7) is 0. The summed E-state index contributed by atoms with van der Waals surface area (Å²) in [5, 5.41) is 53.4. The number of hydrogen-bond donors (Lipinski definition) is 4. The Hall–Kier alpha value is -6.66. The van der Waals surface area contributed by atoms with E-state index in [4.69, 9.17) is 9.98 Å². The van der Waals surface area contributed by atoms with Crippen LogP contribution in [0.15, 0.2) is 143 Å². The van der Waals surface area contributed by atoms with Gasteiger partial charge < -0.3 is 20.4 Å². The van der Waals surface area contributed by atoms with Crippen LogP contribution in [0.1, 0.15) is 36.8 Å². The minimum Gasteiger partial charge on any atom is -0.507 e. The second kappa shape index (κ2) is 13.7. The van der Waals surface area contributed by atoms with Crippen molar-refractivity contribution < 1.29 is 20.4 Å². The van der Waals surface area contributed by atoms with E-state index in [1.807, 2.05) is 121 Å². The number of benzene rings is 8. The van der Waals surface area contributed by atoms with Crippen LogP contribution in [-0.4, -0.2) is 44.9 Å². The van der Waals surface area contributed by atoms with Crippen LogP contribution in [0.3, 0.4) is 0 Å². The largest absolute Gasteiger partial charge is 0.507 e. The summed E-state index contributed by atoms with van der Waals surface area (Å²) in [5.74, 6) is 0.317. The molecule has 1 aliphatic carbocycles. The quantitative estimate of drug-likeness (QED) is 0.129. The van der Waals surface area contributed by atoms with Crippen LogP contribution in [-0.2, 0) is 0 Å². The van der Waals surface area contributed by atoms with E-state index < -0.39 is 0 Å². The van der Waals surface area contributed by atoms with Crippen molar-refractivity contribution in [1.29, 1.82) is 0 Å². The monoisotopic (exact) mass is 706 g/mol. The molecule has 0 bridgehead atoms. The second-order valence-corrected chi connectivity index (χ2v) is 14.2. The molecule has 2 atom stereocenters. The Morgan fingerprint density at radius 2 is 0.759 bits per heavy atom. The first-order valence-electron chi connectivity index (χ1n) is 18.4. The summed E-state index contributed by atoms with van der Waals surface area (Å²) in [6, 6.07) is 42.2. The fourth-order valence-corrected chi connectivity index (χ4v) is 8.26. The third-order valence-electron chi connectivity index (χ3n) is 10.9. The highest BCUT2D eigenvalue weighted by Crippen LogP contribution is 2.47. The summed E-state index contributed by atoms with van der Waals surface area (Å²) >= 11 is 0. The number of aromatic hydroxyl groups is 4. The van der Waals surface area contributed by atoms with Crippen molar-refractivity contribution in [2.24, 2.45) is 9.98 Å². The van der Waals surface area contributed by atoms with Crippen molar-refractivity contribution in [3.05, 3.63) is 145 Å². The van der Waals surface area contributed by atoms with Crippen LogP contribution in [0, 0.1) is 0 Å². The Balaban J connectivity index is 1.11. The summed E-state index contributed by atoms with van der Waals surface area (Å²) in [5.41, 5.74) is 3.45. The zero-order chi connectivity index (χ0) is 36.8. The van der Waals surface area contributed by atoms with Gasteiger partial charge in [-0.2, -0.15) is 0 Å². The lowest BCUT2D eigenvalue weighted by molar-refractivity contribution is 0.390. The molecule has 6 nitrogen and oxygen atoms in total. The average Bonchev–Trinajstić information content (AvgIpc) is 3.20. The van der Waals surface area contributed by atoms with Gasteiger partial charge in [0.25, 0.3) is 0 Å². The number of hydrogen-bond acceptors (Lipinski definition) is 6. The van der Waals surface area contributed by atoms with Gasteiger partial charge >= 0.3 is 0 Å². The molecule has 0 amide bonds. The molecular weight excluding hydrogens is 669 g/mol. The molecule has 0 radical (unpaired) electrons. The molecule has 1 saturated carbocycles. The van der Waals surface area contributed by atoms with E-state index >= 15 is 0 Å². The van der Waals surface area contributed by atoms with Crippen molar-refractivity contribution in [1.82, 2.24) is 0 Å². The molecule has 0 aromatic heterocycles. The zero-order valence-electron chi connectivity index (χ0n) is 29.5. The molecule has 8 aromatic carbocycles.